The molecule has 10 rings (SSSR count). The Morgan fingerprint density at radius 3 is 1.30 bits per heavy atom. The maximum absolute atomic E-state index is 12.7. The Labute approximate surface area is 521 Å². The fraction of sp³-hybridized carbons (Fsp3) is 0.382. The van der Waals surface area contributed by atoms with Crippen molar-refractivity contribution in [2.45, 2.75) is 154 Å². The number of rotatable bonds is 17. The minimum Gasteiger partial charge on any atom is -0.481 e. The highest BCUT2D eigenvalue weighted by Crippen LogP contribution is 2.46. The summed E-state index contributed by atoms with van der Waals surface area (Å²) in [6.07, 6.45) is -2.24. The van der Waals surface area contributed by atoms with Crippen LogP contribution in [-0.2, 0) is 52.0 Å². The number of hydrogen-bond donors (Lipinski definition) is 6. The number of amides is 3. The number of anilines is 2. The quantitative estimate of drug-likeness (QED) is 0.0214. The van der Waals surface area contributed by atoms with Gasteiger partial charge < -0.3 is 64.7 Å². The zero-order valence-electron chi connectivity index (χ0n) is 52.3. The molecule has 6 aromatic rings. The summed E-state index contributed by atoms with van der Waals surface area (Å²) in [6, 6.07) is 44.2. The highest BCUT2D eigenvalue weighted by atomic mass is 16.7. The van der Waals surface area contributed by atoms with Crippen LogP contribution < -0.4 is 32.6 Å². The Hall–Kier alpha value is -8.49. The molecule has 6 aromatic carbocycles. The van der Waals surface area contributed by atoms with Crippen LogP contribution in [0.1, 0.15) is 136 Å². The zero-order chi connectivity index (χ0) is 64.6. The standard InChI is InChI=1S/C32H35BN2O7.C24H27NO6.C12H18BNO2/c1-31(2)32(3,4)42-33(41-31)20-10-9-11-21(18-20)34-28(36)17-16-27(29(37)38)35-30(39)40-19-26-24-14-7-5-12-22(24)23-13-6-8-15-25(23)26;1-24(2,3)31-22(28)20(12-13-21(26)27)25-23(29)30-14-19-17-10-6-4-8-15(17)16-9-5-7-11-18(16)19;1-11(2)12(3,4)16-13(15-11)9-6-5-7-10(14)8-9/h5-15,18,26-27H,16-17,19H2,1-4H3,(H,34,36)(H,35,39)(H,37,38);4-11,19-20H,12-14H2,1-3H3,(H,25,29)(H,26,27);5-8H,14H2,1-4H3/t27-;20-;/m00./s1. The first-order valence-electron chi connectivity index (χ1n) is 29.8. The van der Waals surface area contributed by atoms with Gasteiger partial charge in [-0.25, -0.2) is 19.2 Å². The molecule has 19 nitrogen and oxygen atoms in total. The van der Waals surface area contributed by atoms with Crippen LogP contribution >= 0.6 is 0 Å². The summed E-state index contributed by atoms with van der Waals surface area (Å²) < 4.78 is 40.3. The predicted molar refractivity (Wildman–Crippen MR) is 341 cm³/mol. The van der Waals surface area contributed by atoms with Crippen molar-refractivity contribution in [3.8, 4) is 22.3 Å². The Balaban J connectivity index is 0.000000190. The van der Waals surface area contributed by atoms with E-state index in [-0.39, 0.29) is 75.0 Å². The van der Waals surface area contributed by atoms with Crippen molar-refractivity contribution >= 4 is 72.5 Å². The zero-order valence-corrected chi connectivity index (χ0v) is 52.3. The van der Waals surface area contributed by atoms with Gasteiger partial charge in [-0.05, 0) is 169 Å². The summed E-state index contributed by atoms with van der Waals surface area (Å²) in [5, 5.41) is 26.3. The van der Waals surface area contributed by atoms with E-state index in [4.69, 9.17) is 43.7 Å². The molecule has 3 amide bonds. The maximum atomic E-state index is 12.7. The third-order valence-electron chi connectivity index (χ3n) is 16.7. The van der Waals surface area contributed by atoms with Gasteiger partial charge in [-0.3, -0.25) is 9.59 Å². The summed E-state index contributed by atoms with van der Waals surface area (Å²) in [6.45, 7) is 21.3. The molecule has 0 aromatic heterocycles. The summed E-state index contributed by atoms with van der Waals surface area (Å²) in [4.78, 5) is 73.0. The van der Waals surface area contributed by atoms with Crippen LogP contribution in [0.3, 0.4) is 0 Å². The predicted octanol–water partition coefficient (Wildman–Crippen LogP) is 10.4. The topological polar surface area (TPSA) is 270 Å². The smallest absolute Gasteiger partial charge is 0.481 e. The molecular weight excluding hydrogens is 1130 g/mol. The number of nitrogens with two attached hydrogens (primary N) is 1. The lowest BCUT2D eigenvalue weighted by molar-refractivity contribution is -0.157. The van der Waals surface area contributed by atoms with Crippen molar-refractivity contribution in [2.24, 2.45) is 0 Å². The molecule has 7 N–H and O–H groups in total. The first-order chi connectivity index (χ1) is 41.9. The number of aliphatic carboxylic acids is 2. The van der Waals surface area contributed by atoms with E-state index in [0.717, 1.165) is 61.1 Å². The van der Waals surface area contributed by atoms with Gasteiger partial charge in [-0.1, -0.05) is 121 Å². The van der Waals surface area contributed by atoms with Gasteiger partial charge in [0.05, 0.1) is 22.4 Å². The maximum Gasteiger partial charge on any atom is 0.494 e. The van der Waals surface area contributed by atoms with Crippen molar-refractivity contribution in [3.05, 3.63) is 168 Å². The number of nitrogens with one attached hydrogen (secondary N) is 3. The average Bonchev–Trinajstić information content (AvgIpc) is 2.39. The van der Waals surface area contributed by atoms with E-state index in [1.807, 2.05) is 183 Å². The van der Waals surface area contributed by atoms with Gasteiger partial charge in [0.2, 0.25) is 5.91 Å². The Morgan fingerprint density at radius 1 is 0.528 bits per heavy atom. The van der Waals surface area contributed by atoms with Crippen LogP contribution in [0.25, 0.3) is 22.3 Å². The average molecular weight is 1220 g/mol. The minimum absolute atomic E-state index is 0.0613. The number of nitrogen functional groups attached to an aromatic ring is 1. The van der Waals surface area contributed by atoms with Crippen LogP contribution in [-0.4, -0.2) is 114 Å². The lowest BCUT2D eigenvalue weighted by atomic mass is 9.79. The monoisotopic (exact) mass is 1210 g/mol. The van der Waals surface area contributed by atoms with Gasteiger partial charge >= 0.3 is 44.3 Å². The third kappa shape index (κ3) is 16.4. The number of hydrogen-bond acceptors (Lipinski definition) is 14. The SMILES string of the molecule is CC(C)(C)OC(=O)[C@H](CCC(=O)O)NC(=O)OCC1c2ccccc2-c2ccccc21.CC1(C)OB(c2cccc(N)c2)OC1(C)C.CC1(C)OB(c2cccc(NC(=O)CC[C@H](NC(=O)OCC3c4ccccc4-c4ccccc43)C(=O)O)c2)OC1(C)C. The van der Waals surface area contributed by atoms with E-state index >= 15 is 0 Å². The summed E-state index contributed by atoms with van der Waals surface area (Å²) >= 11 is 0. The van der Waals surface area contributed by atoms with Crippen molar-refractivity contribution in [3.63, 3.8) is 0 Å². The molecule has 468 valence electrons. The highest BCUT2D eigenvalue weighted by Gasteiger charge is 2.53. The fourth-order valence-corrected chi connectivity index (χ4v) is 10.6. The molecule has 2 aliphatic carbocycles. The van der Waals surface area contributed by atoms with Gasteiger partial charge in [0.15, 0.2) is 0 Å². The number of esters is 1. The van der Waals surface area contributed by atoms with Crippen LogP contribution in [0, 0.1) is 0 Å². The normalized spacial score (nSPS) is 16.9. The summed E-state index contributed by atoms with van der Waals surface area (Å²) in [5.41, 5.74) is 15.0. The van der Waals surface area contributed by atoms with E-state index in [0.29, 0.717) is 5.69 Å². The van der Waals surface area contributed by atoms with E-state index in [1.165, 1.54) is 0 Å². The number of carboxylic acid groups (broad SMARTS) is 2. The number of alkyl carbamates (subject to hydrolysis) is 2. The van der Waals surface area contributed by atoms with Crippen molar-refractivity contribution in [2.75, 3.05) is 24.3 Å². The van der Waals surface area contributed by atoms with Crippen LogP contribution in [0.5, 0.6) is 0 Å². The highest BCUT2D eigenvalue weighted by molar-refractivity contribution is 6.62. The number of fused-ring (bicyclic) bond motifs is 6. The first kappa shape index (κ1) is 66.5. The van der Waals surface area contributed by atoms with E-state index in [2.05, 4.69) is 16.0 Å². The molecule has 2 heterocycles. The van der Waals surface area contributed by atoms with Crippen molar-refractivity contribution < 1.29 is 71.8 Å². The second-order valence-corrected chi connectivity index (χ2v) is 25.4. The first-order valence-corrected chi connectivity index (χ1v) is 29.8. The lowest BCUT2D eigenvalue weighted by Crippen LogP contribution is -2.44. The van der Waals surface area contributed by atoms with E-state index < -0.39 is 66.1 Å². The fourth-order valence-electron chi connectivity index (χ4n) is 10.6. The second-order valence-electron chi connectivity index (χ2n) is 25.4. The number of ether oxygens (including phenoxy) is 3. The number of carboxylic acids is 2. The van der Waals surface area contributed by atoms with Crippen LogP contribution in [0.4, 0.5) is 21.0 Å². The van der Waals surface area contributed by atoms with Crippen LogP contribution in [0.15, 0.2) is 146 Å². The molecule has 2 aliphatic heterocycles. The molecular formula is C68H80B2N4O15. The van der Waals surface area contributed by atoms with Crippen molar-refractivity contribution in [1.29, 1.82) is 0 Å². The Kier molecular flexibility index (Phi) is 20.5. The van der Waals surface area contributed by atoms with Crippen molar-refractivity contribution in [1.82, 2.24) is 10.6 Å². The number of carbonyl (C=O) groups excluding carboxylic acids is 4. The molecule has 0 unspecified atom stereocenters. The molecule has 2 saturated heterocycles. The molecule has 2 atom stereocenters. The molecule has 0 saturated carbocycles. The second kappa shape index (κ2) is 27.5. The minimum atomic E-state index is -1.29. The van der Waals surface area contributed by atoms with E-state index in [9.17, 15) is 33.9 Å². The molecule has 0 spiro atoms. The third-order valence-corrected chi connectivity index (χ3v) is 16.7. The molecule has 21 heteroatoms. The Bertz CT molecular complexity index is 3440. The molecule has 89 heavy (non-hydrogen) atoms. The summed E-state index contributed by atoms with van der Waals surface area (Å²) in [5.74, 6) is -3.66. The molecule has 0 radical (unpaired) electrons. The lowest BCUT2D eigenvalue weighted by Gasteiger charge is -2.32. The van der Waals surface area contributed by atoms with Crippen LogP contribution in [0.2, 0.25) is 0 Å². The number of benzene rings is 6. The van der Waals surface area contributed by atoms with Gasteiger partial charge in [-0.2, -0.15) is 0 Å². The van der Waals surface area contributed by atoms with Gasteiger partial charge in [0, 0.05) is 36.1 Å². The molecule has 2 fully saturated rings. The van der Waals surface area contributed by atoms with Gasteiger partial charge in [-0.15, -0.1) is 0 Å². The largest absolute Gasteiger partial charge is 0.494 e. The molecule has 4 aliphatic rings. The van der Waals surface area contributed by atoms with Gasteiger partial charge in [0.1, 0.15) is 30.9 Å². The van der Waals surface area contributed by atoms with Gasteiger partial charge in [0.25, 0.3) is 0 Å². The number of carbonyl (C=O) groups is 6. The van der Waals surface area contributed by atoms with E-state index in [1.54, 1.807) is 39.0 Å². The molecule has 0 bridgehead atoms. The Morgan fingerprint density at radius 2 is 0.910 bits per heavy atom. The summed E-state index contributed by atoms with van der Waals surface area (Å²) in [7, 11) is -0.904.